The molecular formula is C16H27N3OS. The molecule has 0 radical (unpaired) electrons. The van der Waals surface area contributed by atoms with Crippen molar-refractivity contribution < 1.29 is 4.79 Å². The van der Waals surface area contributed by atoms with Gasteiger partial charge < -0.3 is 5.32 Å². The zero-order valence-corrected chi connectivity index (χ0v) is 14.4. The Morgan fingerprint density at radius 3 is 2.90 bits per heavy atom. The van der Waals surface area contributed by atoms with Crippen LogP contribution in [0.25, 0.3) is 0 Å². The van der Waals surface area contributed by atoms with Crippen LogP contribution in [0.4, 0.5) is 0 Å². The van der Waals surface area contributed by atoms with E-state index in [4.69, 9.17) is 4.98 Å². The molecule has 1 aliphatic heterocycles. The first-order chi connectivity index (χ1) is 9.90. The van der Waals surface area contributed by atoms with Crippen LogP contribution in [0, 0.1) is 5.92 Å². The zero-order chi connectivity index (χ0) is 15.5. The van der Waals surface area contributed by atoms with Gasteiger partial charge in [0.25, 0.3) is 0 Å². The first kappa shape index (κ1) is 16.4. The number of nitrogens with one attached hydrogen (secondary N) is 1. The maximum absolute atomic E-state index is 12.0. The number of likely N-dealkylation sites (tertiary alicyclic amines) is 1. The number of hydrogen-bond donors (Lipinski definition) is 1. The maximum atomic E-state index is 12.0. The van der Waals surface area contributed by atoms with E-state index in [1.807, 2.05) is 6.92 Å². The Morgan fingerprint density at radius 1 is 1.52 bits per heavy atom. The van der Waals surface area contributed by atoms with Crippen LogP contribution in [-0.4, -0.2) is 35.4 Å². The summed E-state index contributed by atoms with van der Waals surface area (Å²) in [5.74, 6) is 0.343. The average molecular weight is 309 g/mol. The van der Waals surface area contributed by atoms with E-state index in [9.17, 15) is 4.79 Å². The molecular weight excluding hydrogens is 282 g/mol. The Balaban J connectivity index is 1.93. The van der Waals surface area contributed by atoms with Gasteiger partial charge >= 0.3 is 0 Å². The third-order valence-electron chi connectivity index (χ3n) is 3.81. The molecule has 1 atom stereocenters. The molecule has 4 nitrogen and oxygen atoms in total. The highest BCUT2D eigenvalue weighted by atomic mass is 32.1. The van der Waals surface area contributed by atoms with E-state index in [0.29, 0.717) is 0 Å². The van der Waals surface area contributed by atoms with Gasteiger partial charge in [-0.05, 0) is 26.3 Å². The molecule has 0 saturated carbocycles. The van der Waals surface area contributed by atoms with Gasteiger partial charge in [0.05, 0.1) is 16.6 Å². The number of hydrogen-bond acceptors (Lipinski definition) is 4. The minimum Gasteiger partial charge on any atom is -0.356 e. The van der Waals surface area contributed by atoms with Crippen LogP contribution >= 0.6 is 11.3 Å². The standard InChI is InChI=1S/C16H27N3OS/c1-5-17-14(20)12-7-6-8-19(9-12)10-13-11-21-15(18-13)16(2,3)4/h11-12H,5-10H2,1-4H3,(H,17,20)/t12-/m0/s1. The van der Waals surface area contributed by atoms with Crippen LogP contribution in [0.15, 0.2) is 5.38 Å². The summed E-state index contributed by atoms with van der Waals surface area (Å²) in [5.41, 5.74) is 1.26. The molecule has 1 saturated heterocycles. The molecule has 0 bridgehead atoms. The van der Waals surface area contributed by atoms with Gasteiger partial charge in [-0.1, -0.05) is 20.8 Å². The molecule has 0 aromatic carbocycles. The quantitative estimate of drug-likeness (QED) is 0.930. The van der Waals surface area contributed by atoms with Crippen molar-refractivity contribution in [1.29, 1.82) is 0 Å². The Labute approximate surface area is 132 Å². The highest BCUT2D eigenvalue weighted by Crippen LogP contribution is 2.26. The summed E-state index contributed by atoms with van der Waals surface area (Å²) in [6, 6.07) is 0. The molecule has 0 unspecified atom stereocenters. The summed E-state index contributed by atoms with van der Waals surface area (Å²) >= 11 is 1.74. The van der Waals surface area contributed by atoms with Gasteiger partial charge in [0.15, 0.2) is 0 Å². The molecule has 1 fully saturated rings. The number of carbonyl (C=O) groups excluding carboxylic acids is 1. The van der Waals surface area contributed by atoms with Gasteiger partial charge in [0.2, 0.25) is 5.91 Å². The predicted molar refractivity (Wildman–Crippen MR) is 87.5 cm³/mol. The normalized spacial score (nSPS) is 20.5. The molecule has 1 aromatic rings. The molecule has 1 N–H and O–H groups in total. The van der Waals surface area contributed by atoms with Crippen LogP contribution in [0.2, 0.25) is 0 Å². The van der Waals surface area contributed by atoms with E-state index in [2.05, 4.69) is 36.4 Å². The molecule has 0 spiro atoms. The van der Waals surface area contributed by atoms with Crippen LogP contribution < -0.4 is 5.32 Å². The molecule has 1 amide bonds. The smallest absolute Gasteiger partial charge is 0.224 e. The van der Waals surface area contributed by atoms with E-state index in [1.54, 1.807) is 11.3 Å². The van der Waals surface area contributed by atoms with Gasteiger partial charge in [0, 0.05) is 30.4 Å². The molecule has 2 heterocycles. The first-order valence-electron chi connectivity index (χ1n) is 7.85. The number of nitrogens with zero attached hydrogens (tertiary/aromatic N) is 2. The third-order valence-corrected chi connectivity index (χ3v) is 5.12. The summed E-state index contributed by atoms with van der Waals surface area (Å²) in [6.07, 6.45) is 2.10. The minimum atomic E-state index is 0.119. The molecule has 2 rings (SSSR count). The van der Waals surface area contributed by atoms with E-state index < -0.39 is 0 Å². The number of carbonyl (C=O) groups is 1. The number of amides is 1. The third kappa shape index (κ3) is 4.51. The molecule has 118 valence electrons. The second kappa shape index (κ2) is 6.88. The predicted octanol–water partition coefficient (Wildman–Crippen LogP) is 2.79. The van der Waals surface area contributed by atoms with Crippen molar-refractivity contribution in [2.24, 2.45) is 5.92 Å². The van der Waals surface area contributed by atoms with Crippen molar-refractivity contribution in [2.45, 2.75) is 52.5 Å². The Kier molecular flexibility index (Phi) is 5.38. The summed E-state index contributed by atoms with van der Waals surface area (Å²) in [6.45, 7) is 12.1. The Bertz CT molecular complexity index is 478. The minimum absolute atomic E-state index is 0.119. The van der Waals surface area contributed by atoms with Crippen molar-refractivity contribution >= 4 is 17.2 Å². The average Bonchev–Trinajstić information content (AvgIpc) is 2.88. The highest BCUT2D eigenvalue weighted by Gasteiger charge is 2.26. The van der Waals surface area contributed by atoms with Gasteiger partial charge in [-0.25, -0.2) is 4.98 Å². The van der Waals surface area contributed by atoms with Crippen LogP contribution in [0.3, 0.4) is 0 Å². The van der Waals surface area contributed by atoms with Crippen molar-refractivity contribution in [1.82, 2.24) is 15.2 Å². The molecule has 5 heteroatoms. The summed E-state index contributed by atoms with van der Waals surface area (Å²) < 4.78 is 0. The van der Waals surface area contributed by atoms with Crippen LogP contribution in [-0.2, 0) is 16.8 Å². The molecule has 0 aliphatic carbocycles. The fourth-order valence-corrected chi connectivity index (χ4v) is 3.58. The fraction of sp³-hybridized carbons (Fsp3) is 0.750. The second-order valence-electron chi connectivity index (χ2n) is 6.86. The van der Waals surface area contributed by atoms with Crippen LogP contribution in [0.1, 0.15) is 51.2 Å². The first-order valence-corrected chi connectivity index (χ1v) is 8.73. The van der Waals surface area contributed by atoms with E-state index in [0.717, 1.165) is 44.7 Å². The molecule has 21 heavy (non-hydrogen) atoms. The SMILES string of the molecule is CCNC(=O)[C@H]1CCCN(Cc2csc(C(C)(C)C)n2)C1. The molecule has 1 aromatic heterocycles. The van der Waals surface area contributed by atoms with E-state index in [1.165, 1.54) is 5.01 Å². The lowest BCUT2D eigenvalue weighted by Crippen LogP contribution is -2.42. The van der Waals surface area contributed by atoms with Gasteiger partial charge in [-0.2, -0.15) is 0 Å². The van der Waals surface area contributed by atoms with Crippen molar-refractivity contribution in [3.05, 3.63) is 16.1 Å². The Morgan fingerprint density at radius 2 is 2.29 bits per heavy atom. The lowest BCUT2D eigenvalue weighted by atomic mass is 9.97. The van der Waals surface area contributed by atoms with Crippen molar-refractivity contribution in [2.75, 3.05) is 19.6 Å². The van der Waals surface area contributed by atoms with Crippen LogP contribution in [0.5, 0.6) is 0 Å². The van der Waals surface area contributed by atoms with E-state index in [-0.39, 0.29) is 17.2 Å². The fourth-order valence-electron chi connectivity index (χ4n) is 2.68. The molecule has 1 aliphatic rings. The summed E-state index contributed by atoms with van der Waals surface area (Å²) in [4.78, 5) is 19.1. The number of rotatable bonds is 4. The Hall–Kier alpha value is -0.940. The summed E-state index contributed by atoms with van der Waals surface area (Å²) in [7, 11) is 0. The zero-order valence-electron chi connectivity index (χ0n) is 13.6. The van der Waals surface area contributed by atoms with Gasteiger partial charge in [-0.15, -0.1) is 11.3 Å². The number of piperidine rings is 1. The number of aromatic nitrogens is 1. The van der Waals surface area contributed by atoms with Gasteiger partial charge in [-0.3, -0.25) is 9.69 Å². The van der Waals surface area contributed by atoms with E-state index >= 15 is 0 Å². The largest absolute Gasteiger partial charge is 0.356 e. The second-order valence-corrected chi connectivity index (χ2v) is 7.72. The van der Waals surface area contributed by atoms with Crippen molar-refractivity contribution in [3.63, 3.8) is 0 Å². The number of thiazole rings is 1. The lowest BCUT2D eigenvalue weighted by Gasteiger charge is -2.31. The van der Waals surface area contributed by atoms with Gasteiger partial charge in [0.1, 0.15) is 0 Å². The summed E-state index contributed by atoms with van der Waals surface area (Å²) in [5, 5.41) is 6.30. The lowest BCUT2D eigenvalue weighted by molar-refractivity contribution is -0.126. The topological polar surface area (TPSA) is 45.2 Å². The van der Waals surface area contributed by atoms with Crippen molar-refractivity contribution in [3.8, 4) is 0 Å². The highest BCUT2D eigenvalue weighted by molar-refractivity contribution is 7.09. The monoisotopic (exact) mass is 309 g/mol. The maximum Gasteiger partial charge on any atom is 0.224 e.